The molecular formula is C31H27P. The standard InChI is InChI=1S/C31H27P/c1-2-3-7-20-10-6-11-26(20)31-29-19-28-24(17-25(29)14-15-30(31)32)13-12-23-16-21-8-4-5-9-22(21)18-27(23)28/h4-6,8-20H,2-3,7,32H2,1H3. The summed E-state index contributed by atoms with van der Waals surface area (Å²) in [5, 5.41) is 11.9. The maximum Gasteiger partial charge on any atom is 0.00274 e. The first-order chi connectivity index (χ1) is 15.7. The number of unbranched alkanes of at least 4 members (excludes halogenated alkanes) is 1. The van der Waals surface area contributed by atoms with Crippen molar-refractivity contribution in [2.45, 2.75) is 26.2 Å². The van der Waals surface area contributed by atoms with Crippen molar-refractivity contribution in [3.63, 3.8) is 0 Å². The van der Waals surface area contributed by atoms with Crippen molar-refractivity contribution < 1.29 is 0 Å². The third-order valence-corrected chi connectivity index (χ3v) is 7.53. The van der Waals surface area contributed by atoms with Crippen LogP contribution in [0.4, 0.5) is 0 Å². The van der Waals surface area contributed by atoms with Crippen molar-refractivity contribution in [1.82, 2.24) is 0 Å². The van der Waals surface area contributed by atoms with Crippen LogP contribution in [0.3, 0.4) is 0 Å². The molecule has 0 aromatic heterocycles. The number of benzene rings is 5. The largest absolute Gasteiger partial charge is 0.105 e. The molecular weight excluding hydrogens is 403 g/mol. The van der Waals surface area contributed by atoms with E-state index < -0.39 is 0 Å². The SMILES string of the molecule is CCCCC1C=CC=C1c1c(P)ccc2cc3ccc4cc5ccccc5cc4c3cc12. The zero-order valence-electron chi connectivity index (χ0n) is 18.4. The lowest BCUT2D eigenvalue weighted by Crippen LogP contribution is -2.07. The second-order valence-corrected chi connectivity index (χ2v) is 9.69. The van der Waals surface area contributed by atoms with Crippen LogP contribution in [0.15, 0.2) is 91.0 Å². The second-order valence-electron chi connectivity index (χ2n) is 9.07. The van der Waals surface area contributed by atoms with Gasteiger partial charge in [-0.05, 0) is 90.2 Å². The van der Waals surface area contributed by atoms with Crippen LogP contribution >= 0.6 is 9.24 Å². The Morgan fingerprint density at radius 2 is 1.38 bits per heavy atom. The zero-order valence-corrected chi connectivity index (χ0v) is 19.6. The van der Waals surface area contributed by atoms with Crippen molar-refractivity contribution in [2.75, 3.05) is 0 Å². The van der Waals surface area contributed by atoms with E-state index in [1.807, 2.05) is 0 Å². The predicted molar refractivity (Wildman–Crippen MR) is 146 cm³/mol. The van der Waals surface area contributed by atoms with E-state index in [1.54, 1.807) is 0 Å². The van der Waals surface area contributed by atoms with Gasteiger partial charge in [0.15, 0.2) is 0 Å². The zero-order chi connectivity index (χ0) is 21.7. The summed E-state index contributed by atoms with van der Waals surface area (Å²) in [5.41, 5.74) is 2.87. The molecule has 0 nitrogen and oxygen atoms in total. The first-order valence-corrected chi connectivity index (χ1v) is 12.3. The topological polar surface area (TPSA) is 0 Å². The normalized spacial score (nSPS) is 15.9. The summed E-state index contributed by atoms with van der Waals surface area (Å²) in [6.45, 7) is 2.28. The van der Waals surface area contributed by atoms with E-state index in [-0.39, 0.29) is 0 Å². The molecule has 32 heavy (non-hydrogen) atoms. The monoisotopic (exact) mass is 430 g/mol. The maximum atomic E-state index is 2.99. The van der Waals surface area contributed by atoms with Crippen LogP contribution in [0.2, 0.25) is 0 Å². The van der Waals surface area contributed by atoms with Crippen LogP contribution in [-0.2, 0) is 0 Å². The molecule has 1 aliphatic rings. The fourth-order valence-corrected chi connectivity index (χ4v) is 5.79. The van der Waals surface area contributed by atoms with Gasteiger partial charge in [-0.25, -0.2) is 0 Å². The molecule has 1 heteroatoms. The number of rotatable bonds is 4. The third-order valence-electron chi connectivity index (χ3n) is 7.05. The molecule has 0 fully saturated rings. The van der Waals surface area contributed by atoms with Gasteiger partial charge in [-0.2, -0.15) is 0 Å². The van der Waals surface area contributed by atoms with Gasteiger partial charge in [-0.15, -0.1) is 9.24 Å². The summed E-state index contributed by atoms with van der Waals surface area (Å²) in [5.74, 6) is 0.520. The maximum absolute atomic E-state index is 2.99. The molecule has 0 N–H and O–H groups in total. The highest BCUT2D eigenvalue weighted by Gasteiger charge is 2.20. The van der Waals surface area contributed by atoms with E-state index in [0.717, 1.165) is 0 Å². The Labute approximate surface area is 191 Å². The summed E-state index contributed by atoms with van der Waals surface area (Å²) in [6, 6.07) is 27.3. The Morgan fingerprint density at radius 3 is 2.16 bits per heavy atom. The quantitative estimate of drug-likeness (QED) is 0.152. The Kier molecular flexibility index (Phi) is 4.85. The first-order valence-electron chi connectivity index (χ1n) is 11.7. The van der Waals surface area contributed by atoms with Gasteiger partial charge in [0.1, 0.15) is 0 Å². The van der Waals surface area contributed by atoms with Gasteiger partial charge >= 0.3 is 0 Å². The summed E-state index contributed by atoms with van der Waals surface area (Å²) in [7, 11) is 2.99. The Balaban J connectivity index is 1.63. The van der Waals surface area contributed by atoms with Crippen molar-refractivity contribution in [1.29, 1.82) is 0 Å². The van der Waals surface area contributed by atoms with Crippen molar-refractivity contribution in [3.8, 4) is 0 Å². The summed E-state index contributed by atoms with van der Waals surface area (Å²) in [4.78, 5) is 0. The van der Waals surface area contributed by atoms with E-state index in [0.29, 0.717) is 5.92 Å². The Bertz CT molecular complexity index is 1570. The van der Waals surface area contributed by atoms with Crippen LogP contribution in [-0.4, -0.2) is 0 Å². The molecule has 0 amide bonds. The molecule has 5 aromatic carbocycles. The summed E-state index contributed by atoms with van der Waals surface area (Å²) in [6.07, 6.45) is 10.7. The number of allylic oxidation sites excluding steroid dienone is 4. The fourth-order valence-electron chi connectivity index (χ4n) is 5.37. The van der Waals surface area contributed by atoms with Crippen molar-refractivity contribution in [3.05, 3.63) is 96.6 Å². The molecule has 0 saturated heterocycles. The number of fused-ring (bicyclic) bond motifs is 5. The first kappa shape index (κ1) is 19.7. The lowest BCUT2D eigenvalue weighted by Gasteiger charge is -2.19. The number of hydrogen-bond acceptors (Lipinski definition) is 0. The lowest BCUT2D eigenvalue weighted by atomic mass is 9.87. The minimum absolute atomic E-state index is 0.520. The van der Waals surface area contributed by atoms with E-state index in [2.05, 4.69) is 107 Å². The third kappa shape index (κ3) is 3.17. The molecule has 0 spiro atoms. The Morgan fingerprint density at radius 1 is 0.719 bits per heavy atom. The van der Waals surface area contributed by atoms with Crippen molar-refractivity contribution >= 4 is 63.2 Å². The molecule has 5 aromatic rings. The molecule has 0 radical (unpaired) electrons. The minimum atomic E-state index is 0.520. The average Bonchev–Trinajstić information content (AvgIpc) is 3.28. The molecule has 156 valence electrons. The highest BCUT2D eigenvalue weighted by Crippen LogP contribution is 2.39. The predicted octanol–water partition coefficient (Wildman–Crippen LogP) is 8.56. The lowest BCUT2D eigenvalue weighted by molar-refractivity contribution is 0.658. The smallest absolute Gasteiger partial charge is 0.00274 e. The van der Waals surface area contributed by atoms with Gasteiger partial charge in [0.05, 0.1) is 0 Å². The molecule has 0 heterocycles. The summed E-state index contributed by atoms with van der Waals surface area (Å²) >= 11 is 0. The second kappa shape index (κ2) is 7.88. The highest BCUT2D eigenvalue weighted by molar-refractivity contribution is 7.27. The minimum Gasteiger partial charge on any atom is -0.105 e. The van der Waals surface area contributed by atoms with E-state index >= 15 is 0 Å². The molecule has 0 aliphatic heterocycles. The van der Waals surface area contributed by atoms with Crippen LogP contribution in [0.1, 0.15) is 31.7 Å². The molecule has 2 atom stereocenters. The van der Waals surface area contributed by atoms with Gasteiger partial charge in [0.25, 0.3) is 0 Å². The van der Waals surface area contributed by atoms with Crippen LogP contribution < -0.4 is 5.30 Å². The molecule has 2 unspecified atom stereocenters. The van der Waals surface area contributed by atoms with Gasteiger partial charge in [0.2, 0.25) is 0 Å². The number of hydrogen-bond donors (Lipinski definition) is 0. The van der Waals surface area contributed by atoms with Crippen molar-refractivity contribution in [2.24, 2.45) is 5.92 Å². The molecule has 0 saturated carbocycles. The molecule has 1 aliphatic carbocycles. The highest BCUT2D eigenvalue weighted by atomic mass is 31.0. The fraction of sp³-hybridized carbons (Fsp3) is 0.161. The van der Waals surface area contributed by atoms with Crippen LogP contribution in [0.25, 0.3) is 48.7 Å². The molecule has 0 bridgehead atoms. The van der Waals surface area contributed by atoms with Crippen LogP contribution in [0, 0.1) is 5.92 Å². The average molecular weight is 431 g/mol. The van der Waals surface area contributed by atoms with E-state index in [1.165, 1.54) is 78.8 Å². The van der Waals surface area contributed by atoms with Gasteiger partial charge < -0.3 is 0 Å². The van der Waals surface area contributed by atoms with Crippen LogP contribution in [0.5, 0.6) is 0 Å². The van der Waals surface area contributed by atoms with Gasteiger partial charge in [0, 0.05) is 5.92 Å². The van der Waals surface area contributed by atoms with Gasteiger partial charge in [-0.3, -0.25) is 0 Å². The van der Waals surface area contributed by atoms with Gasteiger partial charge in [-0.1, -0.05) is 86.5 Å². The van der Waals surface area contributed by atoms with E-state index in [9.17, 15) is 0 Å². The molecule has 6 rings (SSSR count). The Hall–Kier alpha value is -2.95. The summed E-state index contributed by atoms with van der Waals surface area (Å²) < 4.78 is 0. The van der Waals surface area contributed by atoms with E-state index in [4.69, 9.17) is 0 Å².